The summed E-state index contributed by atoms with van der Waals surface area (Å²) >= 11 is 0. The van der Waals surface area contributed by atoms with E-state index < -0.39 is 0 Å². The van der Waals surface area contributed by atoms with E-state index in [1.807, 2.05) is 0 Å². The van der Waals surface area contributed by atoms with Crippen molar-refractivity contribution in [1.82, 2.24) is 0 Å². The summed E-state index contributed by atoms with van der Waals surface area (Å²) < 4.78 is 3.86. The third kappa shape index (κ3) is 20.8. The predicted molar refractivity (Wildman–Crippen MR) is 27.4 cm³/mol. The van der Waals surface area contributed by atoms with E-state index in [0.29, 0.717) is 0 Å². The Morgan fingerprint density at radius 1 is 1.71 bits per heavy atom. The van der Waals surface area contributed by atoms with E-state index in [-0.39, 0.29) is 42.4 Å². The van der Waals surface area contributed by atoms with Crippen molar-refractivity contribution in [2.45, 2.75) is 6.92 Å². The molecule has 0 aromatic carbocycles. The zero-order chi connectivity index (χ0) is 4.28. The Morgan fingerprint density at radius 3 is 1.86 bits per heavy atom. The van der Waals surface area contributed by atoms with Crippen LogP contribution in [0.4, 0.5) is 0 Å². The van der Waals surface area contributed by atoms with E-state index in [4.69, 9.17) is 0 Å². The molecule has 0 heterocycles. The molecule has 7 heavy (non-hydrogen) atoms. The monoisotopic (exact) mass is 217 g/mol. The molecule has 4 heteroatoms. The van der Waals surface area contributed by atoms with Crippen LogP contribution in [0.15, 0.2) is 0 Å². The second-order valence-electron chi connectivity index (χ2n) is 0.636. The molecule has 0 aromatic heterocycles. The largest absolute Gasteiger partial charge is 0.640 e. The van der Waals surface area contributed by atoms with Crippen molar-refractivity contribution in [3.63, 3.8) is 0 Å². The van der Waals surface area contributed by atoms with Crippen LogP contribution in [0.5, 0.6) is 0 Å². The van der Waals surface area contributed by atoms with Crippen LogP contribution >= 0.6 is 17.0 Å². The molecule has 0 amide bonds. The second-order valence-corrected chi connectivity index (χ2v) is 0.636. The average Bonchev–Trinajstić information content (AvgIpc) is 1.38. The van der Waals surface area contributed by atoms with Gasteiger partial charge in [-0.05, 0) is 0 Å². The van der Waals surface area contributed by atoms with Crippen molar-refractivity contribution in [3.8, 4) is 0 Å². The van der Waals surface area contributed by atoms with E-state index >= 15 is 0 Å². The number of carbonyl (C=O) groups excluding carboxylic acids is 1. The molecule has 0 N–H and O–H groups in total. The molecule has 0 atom stereocenters. The Morgan fingerprint density at radius 2 is 1.86 bits per heavy atom. The van der Waals surface area contributed by atoms with Crippen molar-refractivity contribution in [1.29, 1.82) is 0 Å². The van der Waals surface area contributed by atoms with Crippen LogP contribution in [0.1, 0.15) is 6.92 Å². The van der Waals surface area contributed by atoms with Crippen LogP contribution in [0.3, 0.4) is 0 Å². The van der Waals surface area contributed by atoms with Gasteiger partial charge < -0.3 is 4.74 Å². The first-order valence-electron chi connectivity index (χ1n) is 1.20. The zero-order valence-corrected chi connectivity index (χ0v) is 8.82. The third-order valence-electron chi connectivity index (χ3n) is 0.203. The first-order chi connectivity index (χ1) is 2.27. The minimum atomic E-state index is -0.356. The summed E-state index contributed by atoms with van der Waals surface area (Å²) in [7, 11) is 2.84. The van der Waals surface area contributed by atoms with E-state index in [9.17, 15) is 4.79 Å². The van der Waals surface area contributed by atoms with Crippen molar-refractivity contribution >= 4 is 23.0 Å². The molecule has 0 unspecified atom stereocenters. The van der Waals surface area contributed by atoms with E-state index in [2.05, 4.69) is 11.8 Å². The fourth-order valence-corrected chi connectivity index (χ4v) is 0. The number of rotatable bonds is 0. The third-order valence-corrected chi connectivity index (χ3v) is 0.203. The summed E-state index contributed by atoms with van der Waals surface area (Å²) in [5.41, 5.74) is 0. The normalized spacial score (nSPS) is 4.86. The van der Waals surface area contributed by atoms with Gasteiger partial charge in [0.25, 0.3) is 5.97 Å². The summed E-state index contributed by atoms with van der Waals surface area (Å²) in [5, 5.41) is 0. The van der Waals surface area contributed by atoms with Gasteiger partial charge in [0.15, 0.2) is 0 Å². The van der Waals surface area contributed by atoms with Crippen LogP contribution in [0.25, 0.3) is 0 Å². The quantitative estimate of drug-likeness (QED) is 0.344. The van der Waals surface area contributed by atoms with E-state index in [1.165, 1.54) is 6.92 Å². The Kier molecular flexibility index (Phi) is 21.8. The summed E-state index contributed by atoms with van der Waals surface area (Å²) in [6, 6.07) is 0. The van der Waals surface area contributed by atoms with Crippen LogP contribution < -0.4 is 0 Å². The number of hydrogen-bond acceptors (Lipinski definition) is 2. The molecule has 0 saturated heterocycles. The van der Waals surface area contributed by atoms with Gasteiger partial charge in [-0.25, -0.2) is 0 Å². The zero-order valence-electron chi connectivity index (χ0n) is 4.14. The molecule has 40 valence electrons. The first kappa shape index (κ1) is 15.6. The van der Waals surface area contributed by atoms with Gasteiger partial charge >= 0.3 is 0 Å². The van der Waals surface area contributed by atoms with Crippen molar-refractivity contribution < 1.29 is 29.0 Å². The summed E-state index contributed by atoms with van der Waals surface area (Å²) in [5.74, 6) is -0.356. The standard InChI is InChI=1S/C3H5O2.BrH.Zn/c1-3(4)5-2;;/h2H2,1H3;1H;/q-1;;. The molecule has 0 spiro atoms. The summed E-state index contributed by atoms with van der Waals surface area (Å²) in [6.07, 6.45) is 0. The van der Waals surface area contributed by atoms with Gasteiger partial charge in [-0.1, -0.05) is 0 Å². The van der Waals surface area contributed by atoms with Gasteiger partial charge in [0, 0.05) is 26.4 Å². The van der Waals surface area contributed by atoms with Crippen LogP contribution in [0.2, 0.25) is 0 Å². The predicted octanol–water partition coefficient (Wildman–Crippen LogP) is 0.916. The molecule has 2 nitrogen and oxygen atoms in total. The Labute approximate surface area is 66.1 Å². The Bertz CT molecular complexity index is 48.2. The maximum atomic E-state index is 9.53. The SMILES string of the molecule is Br.[CH2-]OC(C)=O.[Zn]. The smallest absolute Gasteiger partial charge is 0.270 e. The Balaban J connectivity index is -0.0000000800. The molecule has 0 aromatic rings. The van der Waals surface area contributed by atoms with Gasteiger partial charge in [-0.15, -0.1) is 17.0 Å². The molecule has 0 aliphatic rings. The summed E-state index contributed by atoms with van der Waals surface area (Å²) in [4.78, 5) is 9.53. The number of ether oxygens (including phenoxy) is 1. The van der Waals surface area contributed by atoms with Crippen LogP contribution in [0, 0.1) is 7.11 Å². The average molecular weight is 219 g/mol. The first-order valence-corrected chi connectivity index (χ1v) is 1.20. The van der Waals surface area contributed by atoms with Crippen molar-refractivity contribution in [2.75, 3.05) is 0 Å². The molecular formula is C3H6BrO2Zn-. The van der Waals surface area contributed by atoms with E-state index in [1.54, 1.807) is 0 Å². The maximum Gasteiger partial charge on any atom is 0.270 e. The molecule has 0 fully saturated rings. The topological polar surface area (TPSA) is 26.3 Å². The number of halogens is 1. The van der Waals surface area contributed by atoms with Crippen molar-refractivity contribution in [3.05, 3.63) is 7.11 Å². The fourth-order valence-electron chi connectivity index (χ4n) is 0. The number of hydrogen-bond donors (Lipinski definition) is 0. The van der Waals surface area contributed by atoms with Crippen LogP contribution in [-0.2, 0) is 29.0 Å². The van der Waals surface area contributed by atoms with Crippen molar-refractivity contribution in [2.24, 2.45) is 0 Å². The van der Waals surface area contributed by atoms with E-state index in [0.717, 1.165) is 0 Å². The molecule has 0 aliphatic carbocycles. The van der Waals surface area contributed by atoms with Gasteiger partial charge in [0.1, 0.15) is 0 Å². The minimum Gasteiger partial charge on any atom is -0.640 e. The molecular weight excluding hydrogens is 213 g/mol. The molecule has 0 saturated carbocycles. The second kappa shape index (κ2) is 9.76. The fraction of sp³-hybridized carbons (Fsp3) is 0.333. The molecule has 0 rings (SSSR count). The minimum absolute atomic E-state index is 0. The summed E-state index contributed by atoms with van der Waals surface area (Å²) in [6.45, 7) is 1.30. The molecule has 0 bridgehead atoms. The molecule has 0 aliphatic heterocycles. The maximum absolute atomic E-state index is 9.53. The van der Waals surface area contributed by atoms with Gasteiger partial charge in [0.05, 0.1) is 0 Å². The Hall–Kier alpha value is 0.573. The van der Waals surface area contributed by atoms with Gasteiger partial charge in [-0.3, -0.25) is 4.79 Å². The van der Waals surface area contributed by atoms with Crippen LogP contribution in [-0.4, -0.2) is 5.97 Å². The number of carbonyl (C=O) groups is 1. The van der Waals surface area contributed by atoms with Gasteiger partial charge in [-0.2, -0.15) is 7.11 Å². The molecule has 0 radical (unpaired) electrons. The van der Waals surface area contributed by atoms with Gasteiger partial charge in [0.2, 0.25) is 0 Å². The number of esters is 1.